The number of hydrogen-bond donors (Lipinski definition) is 3. The lowest BCUT2D eigenvalue weighted by Gasteiger charge is -2.18. The molecule has 0 radical (unpaired) electrons. The summed E-state index contributed by atoms with van der Waals surface area (Å²) in [4.78, 5) is 35.4. The standard InChI is InChI=1S/C21H26N2O5/c1-13(2)11-17(21(26)27)23-19(24)12-22-20(25)14(3)28-18-10-6-8-15-7-4-5-9-16(15)18/h4-10,13-14,17H,11-12H2,1-3H3,(H,22,25)(H,23,24)(H,26,27)/t14?,17-/m0/s1. The third kappa shape index (κ3) is 5.97. The van der Waals surface area contributed by atoms with Gasteiger partial charge < -0.3 is 20.5 Å². The third-order valence-corrected chi connectivity index (χ3v) is 4.19. The predicted molar refractivity (Wildman–Crippen MR) is 106 cm³/mol. The average Bonchev–Trinajstić information content (AvgIpc) is 2.65. The van der Waals surface area contributed by atoms with E-state index in [1.54, 1.807) is 13.0 Å². The average molecular weight is 386 g/mol. The Morgan fingerprint density at radius 1 is 1.04 bits per heavy atom. The van der Waals surface area contributed by atoms with Crippen LogP contribution in [0.4, 0.5) is 0 Å². The Bertz CT molecular complexity index is 844. The van der Waals surface area contributed by atoms with Gasteiger partial charge in [-0.05, 0) is 30.7 Å². The van der Waals surface area contributed by atoms with Crippen molar-refractivity contribution < 1.29 is 24.2 Å². The molecular weight excluding hydrogens is 360 g/mol. The molecule has 150 valence electrons. The van der Waals surface area contributed by atoms with E-state index in [0.29, 0.717) is 12.2 Å². The number of hydrogen-bond acceptors (Lipinski definition) is 4. The lowest BCUT2D eigenvalue weighted by atomic mass is 10.0. The first-order valence-electron chi connectivity index (χ1n) is 9.22. The summed E-state index contributed by atoms with van der Waals surface area (Å²) in [5, 5.41) is 16.0. The number of carboxylic acids is 1. The van der Waals surface area contributed by atoms with Crippen LogP contribution in [0.5, 0.6) is 5.75 Å². The highest BCUT2D eigenvalue weighted by Gasteiger charge is 2.22. The van der Waals surface area contributed by atoms with Gasteiger partial charge >= 0.3 is 5.97 Å². The number of amides is 2. The minimum Gasteiger partial charge on any atom is -0.480 e. The molecule has 0 bridgehead atoms. The molecule has 1 unspecified atom stereocenters. The molecule has 2 aromatic carbocycles. The Morgan fingerprint density at radius 3 is 2.39 bits per heavy atom. The lowest BCUT2D eigenvalue weighted by molar-refractivity contribution is -0.142. The first-order chi connectivity index (χ1) is 13.3. The van der Waals surface area contributed by atoms with Gasteiger partial charge in [0.25, 0.3) is 5.91 Å². The van der Waals surface area contributed by atoms with Gasteiger partial charge in [-0.1, -0.05) is 50.2 Å². The van der Waals surface area contributed by atoms with Crippen molar-refractivity contribution in [1.29, 1.82) is 0 Å². The molecule has 2 amide bonds. The molecule has 0 aliphatic heterocycles. The second kappa shape index (κ2) is 9.73. The highest BCUT2D eigenvalue weighted by molar-refractivity contribution is 5.90. The summed E-state index contributed by atoms with van der Waals surface area (Å²) in [6.45, 7) is 5.02. The third-order valence-electron chi connectivity index (χ3n) is 4.19. The Kier molecular flexibility index (Phi) is 7.37. The van der Waals surface area contributed by atoms with Gasteiger partial charge in [-0.25, -0.2) is 4.79 Å². The SMILES string of the molecule is CC(C)C[C@H](NC(=O)CNC(=O)C(C)Oc1cccc2ccccc12)C(=O)O. The Balaban J connectivity index is 1.90. The van der Waals surface area contributed by atoms with Crippen LogP contribution >= 0.6 is 0 Å². The highest BCUT2D eigenvalue weighted by Crippen LogP contribution is 2.25. The van der Waals surface area contributed by atoms with E-state index < -0.39 is 29.9 Å². The van der Waals surface area contributed by atoms with E-state index in [1.807, 2.05) is 50.2 Å². The van der Waals surface area contributed by atoms with Gasteiger partial charge in [0.1, 0.15) is 11.8 Å². The number of rotatable bonds is 9. The van der Waals surface area contributed by atoms with Crippen LogP contribution in [0.1, 0.15) is 27.2 Å². The van der Waals surface area contributed by atoms with Gasteiger partial charge in [-0.3, -0.25) is 9.59 Å². The summed E-state index contributed by atoms with van der Waals surface area (Å²) in [5.74, 6) is -1.42. The largest absolute Gasteiger partial charge is 0.480 e. The molecule has 2 atom stereocenters. The van der Waals surface area contributed by atoms with Crippen molar-refractivity contribution in [2.75, 3.05) is 6.54 Å². The molecule has 0 aromatic heterocycles. The van der Waals surface area contributed by atoms with Crippen molar-refractivity contribution in [2.45, 2.75) is 39.3 Å². The molecular formula is C21H26N2O5. The summed E-state index contributed by atoms with van der Waals surface area (Å²) in [5.41, 5.74) is 0. The molecule has 3 N–H and O–H groups in total. The topological polar surface area (TPSA) is 105 Å². The first kappa shape index (κ1) is 21.2. The molecule has 28 heavy (non-hydrogen) atoms. The number of ether oxygens (including phenoxy) is 1. The van der Waals surface area contributed by atoms with E-state index in [-0.39, 0.29) is 12.5 Å². The number of benzene rings is 2. The molecule has 0 spiro atoms. The number of nitrogens with one attached hydrogen (secondary N) is 2. The Morgan fingerprint density at radius 2 is 1.71 bits per heavy atom. The van der Waals surface area contributed by atoms with Crippen LogP contribution in [0.25, 0.3) is 10.8 Å². The fourth-order valence-electron chi connectivity index (χ4n) is 2.79. The van der Waals surface area contributed by atoms with Gasteiger partial charge in [0, 0.05) is 5.39 Å². The molecule has 7 heteroatoms. The molecule has 0 saturated carbocycles. The molecule has 2 rings (SSSR count). The summed E-state index contributed by atoms with van der Waals surface area (Å²) >= 11 is 0. The Hall–Kier alpha value is -3.09. The minimum absolute atomic E-state index is 0.116. The lowest BCUT2D eigenvalue weighted by Crippen LogP contribution is -2.47. The molecule has 0 saturated heterocycles. The summed E-state index contributed by atoms with van der Waals surface area (Å²) in [6.07, 6.45) is -0.500. The van der Waals surface area contributed by atoms with E-state index in [1.165, 1.54) is 0 Å². The first-order valence-corrected chi connectivity index (χ1v) is 9.22. The highest BCUT2D eigenvalue weighted by atomic mass is 16.5. The van der Waals surface area contributed by atoms with Crippen molar-refractivity contribution in [1.82, 2.24) is 10.6 Å². The minimum atomic E-state index is -1.10. The fourth-order valence-corrected chi connectivity index (χ4v) is 2.79. The van der Waals surface area contributed by atoms with E-state index in [0.717, 1.165) is 10.8 Å². The zero-order valence-electron chi connectivity index (χ0n) is 16.3. The van der Waals surface area contributed by atoms with Crippen LogP contribution in [0, 0.1) is 5.92 Å². The van der Waals surface area contributed by atoms with Crippen LogP contribution in [-0.2, 0) is 14.4 Å². The normalized spacial score (nSPS) is 13.0. The molecule has 0 aliphatic carbocycles. The second-order valence-corrected chi connectivity index (χ2v) is 7.04. The zero-order valence-corrected chi connectivity index (χ0v) is 16.3. The number of carbonyl (C=O) groups excluding carboxylic acids is 2. The number of fused-ring (bicyclic) bond motifs is 1. The van der Waals surface area contributed by atoms with Crippen molar-refractivity contribution in [2.24, 2.45) is 5.92 Å². The van der Waals surface area contributed by atoms with E-state index in [4.69, 9.17) is 9.84 Å². The van der Waals surface area contributed by atoms with E-state index in [2.05, 4.69) is 10.6 Å². The monoisotopic (exact) mass is 386 g/mol. The Labute approximate surface area is 164 Å². The maximum Gasteiger partial charge on any atom is 0.326 e. The molecule has 0 fully saturated rings. The second-order valence-electron chi connectivity index (χ2n) is 7.04. The van der Waals surface area contributed by atoms with E-state index >= 15 is 0 Å². The van der Waals surface area contributed by atoms with Gasteiger partial charge in [0.2, 0.25) is 5.91 Å². The van der Waals surface area contributed by atoms with E-state index in [9.17, 15) is 14.4 Å². The van der Waals surface area contributed by atoms with Crippen LogP contribution in [0.3, 0.4) is 0 Å². The van der Waals surface area contributed by atoms with Crippen LogP contribution < -0.4 is 15.4 Å². The van der Waals surface area contributed by atoms with Crippen molar-refractivity contribution in [3.05, 3.63) is 42.5 Å². The maximum absolute atomic E-state index is 12.3. The summed E-state index contributed by atoms with van der Waals surface area (Å²) in [6, 6.07) is 12.3. The molecule has 2 aromatic rings. The predicted octanol–water partition coefficient (Wildman–Crippen LogP) is 2.34. The zero-order chi connectivity index (χ0) is 20.7. The maximum atomic E-state index is 12.3. The summed E-state index contributed by atoms with van der Waals surface area (Å²) < 4.78 is 5.76. The number of carboxylic acid groups (broad SMARTS) is 1. The van der Waals surface area contributed by atoms with Gasteiger partial charge in [-0.2, -0.15) is 0 Å². The fraction of sp³-hybridized carbons (Fsp3) is 0.381. The molecule has 0 aliphatic rings. The van der Waals surface area contributed by atoms with Crippen LogP contribution in [0.2, 0.25) is 0 Å². The molecule has 0 heterocycles. The van der Waals surface area contributed by atoms with Gasteiger partial charge in [-0.15, -0.1) is 0 Å². The smallest absolute Gasteiger partial charge is 0.326 e. The van der Waals surface area contributed by atoms with Crippen LogP contribution in [0.15, 0.2) is 42.5 Å². The number of carbonyl (C=O) groups is 3. The van der Waals surface area contributed by atoms with Crippen molar-refractivity contribution in [3.8, 4) is 5.75 Å². The number of aliphatic carboxylic acids is 1. The van der Waals surface area contributed by atoms with Crippen molar-refractivity contribution >= 4 is 28.6 Å². The van der Waals surface area contributed by atoms with Crippen molar-refractivity contribution in [3.63, 3.8) is 0 Å². The molecule has 7 nitrogen and oxygen atoms in total. The summed E-state index contributed by atoms with van der Waals surface area (Å²) in [7, 11) is 0. The van der Waals surface area contributed by atoms with Gasteiger partial charge in [0.05, 0.1) is 6.54 Å². The van der Waals surface area contributed by atoms with Crippen LogP contribution in [-0.4, -0.2) is 41.6 Å². The quantitative estimate of drug-likeness (QED) is 0.614. The van der Waals surface area contributed by atoms with Gasteiger partial charge in [0.15, 0.2) is 6.10 Å².